The van der Waals surface area contributed by atoms with Crippen molar-refractivity contribution < 1.29 is 14.0 Å². The molecule has 1 aromatic heterocycles. The number of carbonyl (C=O) groups excluding carboxylic acids is 2. The maximum Gasteiger partial charge on any atom is 0.254 e. The van der Waals surface area contributed by atoms with Crippen molar-refractivity contribution in [2.45, 2.75) is 13.3 Å². The largest absolute Gasteiger partial charge is 0.456 e. The summed E-state index contributed by atoms with van der Waals surface area (Å²) in [5.74, 6) is 0.0551. The molecule has 4 heteroatoms. The van der Waals surface area contributed by atoms with Gasteiger partial charge in [-0.15, -0.1) is 0 Å². The Kier molecular flexibility index (Phi) is 2.30. The molecule has 4 nitrogen and oxygen atoms in total. The lowest BCUT2D eigenvalue weighted by molar-refractivity contribution is -0.124. The van der Waals surface area contributed by atoms with Crippen LogP contribution in [-0.2, 0) is 9.59 Å². The van der Waals surface area contributed by atoms with Gasteiger partial charge in [0.15, 0.2) is 0 Å². The van der Waals surface area contributed by atoms with Crippen LogP contribution in [0.15, 0.2) is 40.3 Å². The van der Waals surface area contributed by atoms with Crippen LogP contribution < -0.4 is 5.32 Å². The van der Waals surface area contributed by atoms with E-state index in [1.165, 1.54) is 0 Å². The predicted molar refractivity (Wildman–Crippen MR) is 66.6 cm³/mol. The van der Waals surface area contributed by atoms with Crippen LogP contribution in [0, 0.1) is 0 Å². The topological polar surface area (TPSA) is 59.3 Å². The summed E-state index contributed by atoms with van der Waals surface area (Å²) in [7, 11) is 0. The molecule has 0 aliphatic carbocycles. The van der Waals surface area contributed by atoms with Gasteiger partial charge in [0.05, 0.1) is 6.42 Å². The highest BCUT2D eigenvalue weighted by Crippen LogP contribution is 2.28. The van der Waals surface area contributed by atoms with E-state index < -0.39 is 0 Å². The van der Waals surface area contributed by atoms with E-state index in [1.807, 2.05) is 30.3 Å². The van der Waals surface area contributed by atoms with Gasteiger partial charge in [-0.1, -0.05) is 18.2 Å². The van der Waals surface area contributed by atoms with Crippen LogP contribution in [0.3, 0.4) is 0 Å². The molecule has 2 heterocycles. The SMILES string of the molecule is CC(=C1CC(=O)NC1=O)c1cc2ccccc2o1. The first-order valence-electron chi connectivity index (χ1n) is 5.68. The third-order valence-electron chi connectivity index (χ3n) is 3.11. The summed E-state index contributed by atoms with van der Waals surface area (Å²) >= 11 is 0. The first-order chi connectivity index (χ1) is 8.65. The van der Waals surface area contributed by atoms with Gasteiger partial charge in [0, 0.05) is 16.5 Å². The maximum atomic E-state index is 11.6. The summed E-state index contributed by atoms with van der Waals surface area (Å²) in [4.78, 5) is 22.8. The van der Waals surface area contributed by atoms with Gasteiger partial charge in [0.2, 0.25) is 5.91 Å². The molecule has 0 saturated carbocycles. The standard InChI is InChI=1S/C14H11NO3/c1-8(10-7-13(16)15-14(10)17)12-6-9-4-2-3-5-11(9)18-12/h2-6H,7H2,1H3,(H,15,16,17). The number of furan rings is 1. The molecule has 90 valence electrons. The summed E-state index contributed by atoms with van der Waals surface area (Å²) in [6.45, 7) is 1.80. The van der Waals surface area contributed by atoms with Crippen LogP contribution in [0.1, 0.15) is 19.1 Å². The van der Waals surface area contributed by atoms with E-state index in [1.54, 1.807) is 6.92 Å². The van der Waals surface area contributed by atoms with Gasteiger partial charge in [0.25, 0.3) is 5.91 Å². The normalized spacial score (nSPS) is 18.3. The molecular weight excluding hydrogens is 230 g/mol. The number of carbonyl (C=O) groups is 2. The van der Waals surface area contributed by atoms with E-state index in [-0.39, 0.29) is 18.2 Å². The van der Waals surface area contributed by atoms with Crippen LogP contribution in [0.2, 0.25) is 0 Å². The fraction of sp³-hybridized carbons (Fsp3) is 0.143. The van der Waals surface area contributed by atoms with Crippen LogP contribution in [0.25, 0.3) is 16.5 Å². The number of imide groups is 1. The van der Waals surface area contributed by atoms with Gasteiger partial charge in [-0.25, -0.2) is 0 Å². The van der Waals surface area contributed by atoms with E-state index in [0.29, 0.717) is 11.3 Å². The summed E-state index contributed by atoms with van der Waals surface area (Å²) in [5.41, 5.74) is 1.98. The average molecular weight is 241 g/mol. The van der Waals surface area contributed by atoms with Gasteiger partial charge in [0.1, 0.15) is 11.3 Å². The third-order valence-corrected chi connectivity index (χ3v) is 3.11. The van der Waals surface area contributed by atoms with Crippen molar-refractivity contribution >= 4 is 28.4 Å². The van der Waals surface area contributed by atoms with Crippen molar-refractivity contribution in [1.29, 1.82) is 0 Å². The number of rotatable bonds is 1. The number of fused-ring (bicyclic) bond motifs is 1. The number of para-hydroxylation sites is 1. The molecule has 1 N–H and O–H groups in total. The van der Waals surface area contributed by atoms with Gasteiger partial charge in [-0.3, -0.25) is 14.9 Å². The number of nitrogens with one attached hydrogen (secondary N) is 1. The molecule has 0 radical (unpaired) electrons. The Balaban J connectivity index is 2.11. The molecule has 2 amide bonds. The smallest absolute Gasteiger partial charge is 0.254 e. The highest BCUT2D eigenvalue weighted by Gasteiger charge is 2.27. The number of allylic oxidation sites excluding steroid dienone is 1. The average Bonchev–Trinajstić information content (AvgIpc) is 2.91. The summed E-state index contributed by atoms with van der Waals surface area (Å²) in [6.07, 6.45) is 0.127. The first-order valence-corrected chi connectivity index (χ1v) is 5.68. The van der Waals surface area contributed by atoms with Crippen LogP contribution in [-0.4, -0.2) is 11.8 Å². The molecule has 0 unspecified atom stereocenters. The molecule has 0 bridgehead atoms. The van der Waals surface area contributed by atoms with Gasteiger partial charge in [-0.05, 0) is 19.1 Å². The summed E-state index contributed by atoms with van der Waals surface area (Å²) in [5, 5.41) is 3.26. The molecule has 0 spiro atoms. The number of hydrogen-bond acceptors (Lipinski definition) is 3. The van der Waals surface area contributed by atoms with Crippen LogP contribution >= 0.6 is 0 Å². The lowest BCUT2D eigenvalue weighted by Gasteiger charge is -1.98. The highest BCUT2D eigenvalue weighted by molar-refractivity contribution is 6.17. The van der Waals surface area contributed by atoms with E-state index >= 15 is 0 Å². The second-order valence-electron chi connectivity index (χ2n) is 4.31. The third kappa shape index (κ3) is 1.62. The summed E-state index contributed by atoms with van der Waals surface area (Å²) < 4.78 is 5.68. The Bertz CT molecular complexity index is 661. The minimum Gasteiger partial charge on any atom is -0.456 e. The van der Waals surface area contributed by atoms with Crippen molar-refractivity contribution in [2.24, 2.45) is 0 Å². The van der Waals surface area contributed by atoms with Crippen LogP contribution in [0.5, 0.6) is 0 Å². The Hall–Kier alpha value is -2.36. The Morgan fingerprint density at radius 2 is 2.06 bits per heavy atom. The van der Waals surface area contributed by atoms with Crippen molar-refractivity contribution in [1.82, 2.24) is 5.32 Å². The van der Waals surface area contributed by atoms with Gasteiger partial charge < -0.3 is 4.42 Å². The quantitative estimate of drug-likeness (QED) is 0.615. The number of benzene rings is 1. The second kappa shape index (κ2) is 3.84. The first kappa shape index (κ1) is 10.8. The van der Waals surface area contributed by atoms with Crippen LogP contribution in [0.4, 0.5) is 0 Å². The molecule has 1 aliphatic heterocycles. The molecule has 2 aromatic rings. The zero-order valence-corrected chi connectivity index (χ0v) is 9.82. The van der Waals surface area contributed by atoms with E-state index in [2.05, 4.69) is 5.32 Å². The second-order valence-corrected chi connectivity index (χ2v) is 4.31. The maximum absolute atomic E-state index is 11.6. The van der Waals surface area contributed by atoms with E-state index in [4.69, 9.17) is 4.42 Å². The van der Waals surface area contributed by atoms with Gasteiger partial charge >= 0.3 is 0 Å². The Morgan fingerprint density at radius 3 is 2.72 bits per heavy atom. The fourth-order valence-corrected chi connectivity index (χ4v) is 2.11. The number of amides is 2. The molecule has 1 aliphatic rings. The monoisotopic (exact) mass is 241 g/mol. The lowest BCUT2D eigenvalue weighted by Crippen LogP contribution is -2.19. The summed E-state index contributed by atoms with van der Waals surface area (Å²) in [6, 6.07) is 9.52. The molecule has 3 rings (SSSR count). The Labute approximate surface area is 103 Å². The minimum absolute atomic E-state index is 0.127. The molecule has 1 aromatic carbocycles. The molecule has 18 heavy (non-hydrogen) atoms. The molecule has 1 fully saturated rings. The van der Waals surface area contributed by atoms with Gasteiger partial charge in [-0.2, -0.15) is 0 Å². The van der Waals surface area contributed by atoms with Crippen molar-refractivity contribution in [3.63, 3.8) is 0 Å². The molecule has 1 saturated heterocycles. The Morgan fingerprint density at radius 1 is 1.28 bits per heavy atom. The van der Waals surface area contributed by atoms with E-state index in [9.17, 15) is 9.59 Å². The predicted octanol–water partition coefficient (Wildman–Crippen LogP) is 2.25. The van der Waals surface area contributed by atoms with Crippen molar-refractivity contribution in [2.75, 3.05) is 0 Å². The van der Waals surface area contributed by atoms with E-state index in [0.717, 1.165) is 16.5 Å². The molecule has 0 atom stereocenters. The van der Waals surface area contributed by atoms with Crippen molar-refractivity contribution in [3.05, 3.63) is 41.7 Å². The highest BCUT2D eigenvalue weighted by atomic mass is 16.3. The minimum atomic E-state index is -0.321. The lowest BCUT2D eigenvalue weighted by atomic mass is 10.1. The fourth-order valence-electron chi connectivity index (χ4n) is 2.11. The zero-order chi connectivity index (χ0) is 12.7. The van der Waals surface area contributed by atoms with Crippen molar-refractivity contribution in [3.8, 4) is 0 Å². The number of hydrogen-bond donors (Lipinski definition) is 1. The zero-order valence-electron chi connectivity index (χ0n) is 9.82. The molecular formula is C14H11NO3.